The van der Waals surface area contributed by atoms with Gasteiger partial charge in [0.2, 0.25) is 11.8 Å². The highest BCUT2D eigenvalue weighted by atomic mass is 19.1. The van der Waals surface area contributed by atoms with Crippen LogP contribution in [0.3, 0.4) is 0 Å². The maximum atomic E-state index is 14.5. The van der Waals surface area contributed by atoms with Crippen molar-refractivity contribution in [2.24, 2.45) is 17.8 Å². The number of urea groups is 1. The number of carbonyl (C=O) groups is 4. The molecule has 0 spiro atoms. The van der Waals surface area contributed by atoms with Crippen molar-refractivity contribution in [1.82, 2.24) is 9.80 Å². The molecule has 3 fully saturated rings. The molecule has 3 aromatic rings. The van der Waals surface area contributed by atoms with Gasteiger partial charge in [0, 0.05) is 0 Å². The molecule has 3 aliphatic heterocycles. The molecule has 40 heavy (non-hydrogen) atoms. The van der Waals surface area contributed by atoms with Crippen molar-refractivity contribution < 1.29 is 23.6 Å². The Morgan fingerprint density at radius 2 is 1.60 bits per heavy atom. The maximum Gasteiger partial charge on any atom is 0.332 e. The van der Waals surface area contributed by atoms with Crippen molar-refractivity contribution in [2.45, 2.75) is 45.3 Å². The normalized spacial score (nSPS) is 25.8. The van der Waals surface area contributed by atoms with Crippen molar-refractivity contribution >= 4 is 29.4 Å². The van der Waals surface area contributed by atoms with Crippen LogP contribution < -0.4 is 4.90 Å². The standard InChI is InChI=1S/C32H30FN3O4/c1-19(2)17-32-26-25(28(37)34(29(26)38)18-21-10-5-4-6-11-21)27(22-12-7-9-20(3)15-22)36(32)31(40)35(30(32)39)24-14-8-13-23(33)16-24/h4-16,19,25-27H,17-18H2,1-3H3/t25?,26?,27?,32-/m1/s1. The predicted molar refractivity (Wildman–Crippen MR) is 146 cm³/mol. The van der Waals surface area contributed by atoms with Crippen LogP contribution in [0.1, 0.15) is 43.0 Å². The molecular formula is C32H30FN3O4. The van der Waals surface area contributed by atoms with Crippen molar-refractivity contribution in [3.8, 4) is 0 Å². The summed E-state index contributed by atoms with van der Waals surface area (Å²) in [4.78, 5) is 60.9. The molecule has 3 heterocycles. The number of amides is 5. The second-order valence-electron chi connectivity index (χ2n) is 11.4. The van der Waals surface area contributed by atoms with E-state index in [-0.39, 0.29) is 30.5 Å². The molecule has 0 radical (unpaired) electrons. The van der Waals surface area contributed by atoms with Crippen LogP contribution in [-0.2, 0) is 20.9 Å². The average Bonchev–Trinajstić information content (AvgIpc) is 3.43. The zero-order chi connectivity index (χ0) is 28.3. The molecule has 7 nitrogen and oxygen atoms in total. The summed E-state index contributed by atoms with van der Waals surface area (Å²) in [6, 6.07) is 20.6. The maximum absolute atomic E-state index is 14.5. The minimum atomic E-state index is -1.59. The van der Waals surface area contributed by atoms with E-state index in [0.29, 0.717) is 5.56 Å². The Morgan fingerprint density at radius 1 is 0.875 bits per heavy atom. The largest absolute Gasteiger partial charge is 0.332 e. The number of hydrogen-bond acceptors (Lipinski definition) is 4. The molecule has 0 aliphatic carbocycles. The summed E-state index contributed by atoms with van der Waals surface area (Å²) in [6.45, 7) is 5.84. The van der Waals surface area contributed by atoms with Gasteiger partial charge in [-0.15, -0.1) is 0 Å². The van der Waals surface area contributed by atoms with Crippen molar-refractivity contribution in [1.29, 1.82) is 0 Å². The quantitative estimate of drug-likeness (QED) is 0.317. The van der Waals surface area contributed by atoms with E-state index in [2.05, 4.69) is 0 Å². The van der Waals surface area contributed by atoms with E-state index < -0.39 is 47.1 Å². The van der Waals surface area contributed by atoms with Gasteiger partial charge in [-0.2, -0.15) is 0 Å². The molecule has 3 aliphatic rings. The summed E-state index contributed by atoms with van der Waals surface area (Å²) < 4.78 is 14.3. The zero-order valence-corrected chi connectivity index (χ0v) is 22.6. The first-order chi connectivity index (χ1) is 19.1. The first-order valence-corrected chi connectivity index (χ1v) is 13.5. The fourth-order valence-corrected chi connectivity index (χ4v) is 6.95. The first kappa shape index (κ1) is 25.9. The molecule has 3 saturated heterocycles. The summed E-state index contributed by atoms with van der Waals surface area (Å²) in [5.41, 5.74) is 0.916. The lowest BCUT2D eigenvalue weighted by Gasteiger charge is -2.36. The number of imide groups is 2. The van der Waals surface area contributed by atoms with Crippen molar-refractivity contribution in [3.63, 3.8) is 0 Å². The van der Waals surface area contributed by atoms with Gasteiger partial charge >= 0.3 is 6.03 Å². The Morgan fingerprint density at radius 3 is 2.27 bits per heavy atom. The molecule has 3 unspecified atom stereocenters. The second kappa shape index (κ2) is 9.40. The summed E-state index contributed by atoms with van der Waals surface area (Å²) in [7, 11) is 0. The van der Waals surface area contributed by atoms with Gasteiger partial charge < -0.3 is 4.90 Å². The van der Waals surface area contributed by atoms with Gasteiger partial charge in [-0.05, 0) is 48.6 Å². The van der Waals surface area contributed by atoms with Gasteiger partial charge in [-0.25, -0.2) is 14.1 Å². The minimum Gasteiger partial charge on any atom is -0.300 e. The Hall–Kier alpha value is -4.33. The zero-order valence-electron chi connectivity index (χ0n) is 22.6. The SMILES string of the molecule is Cc1cccc(C2C3C(=O)N(Cc4ccccc4)C(=O)C3[C@]3(CC(C)C)C(=O)N(c4cccc(F)c4)C(=O)N23)c1. The molecule has 6 rings (SSSR count). The number of likely N-dealkylation sites (tertiary alicyclic amines) is 1. The highest BCUT2D eigenvalue weighted by Gasteiger charge is 2.77. The smallest absolute Gasteiger partial charge is 0.300 e. The van der Waals surface area contributed by atoms with Gasteiger partial charge in [-0.3, -0.25) is 19.3 Å². The van der Waals surface area contributed by atoms with Crippen LogP contribution in [0.5, 0.6) is 0 Å². The van der Waals surface area contributed by atoms with Crippen molar-refractivity contribution in [2.75, 3.05) is 4.90 Å². The van der Waals surface area contributed by atoms with E-state index in [1.165, 1.54) is 28.0 Å². The molecule has 3 aromatic carbocycles. The number of hydrogen-bond donors (Lipinski definition) is 0. The van der Waals surface area contributed by atoms with Gasteiger partial charge in [0.1, 0.15) is 11.4 Å². The lowest BCUT2D eigenvalue weighted by Crippen LogP contribution is -2.54. The molecule has 0 N–H and O–H groups in total. The van der Waals surface area contributed by atoms with Crippen LogP contribution in [0, 0.1) is 30.5 Å². The Balaban J connectivity index is 1.55. The van der Waals surface area contributed by atoms with E-state index in [9.17, 15) is 23.6 Å². The lowest BCUT2D eigenvalue weighted by molar-refractivity contribution is -0.145. The van der Waals surface area contributed by atoms with E-state index in [1.807, 2.05) is 75.4 Å². The number of halogens is 1. The minimum absolute atomic E-state index is 0.0829. The highest BCUT2D eigenvalue weighted by Crippen LogP contribution is 2.60. The van der Waals surface area contributed by atoms with E-state index in [4.69, 9.17) is 0 Å². The van der Waals surface area contributed by atoms with E-state index in [0.717, 1.165) is 22.1 Å². The highest BCUT2D eigenvalue weighted by molar-refractivity contribution is 6.26. The monoisotopic (exact) mass is 539 g/mol. The van der Waals surface area contributed by atoms with Gasteiger partial charge in [0.05, 0.1) is 30.1 Å². The fraction of sp³-hybridized carbons (Fsp3) is 0.312. The number of rotatable bonds is 6. The Bertz CT molecular complexity index is 1540. The predicted octanol–water partition coefficient (Wildman–Crippen LogP) is 5.24. The van der Waals surface area contributed by atoms with Gasteiger partial charge in [-0.1, -0.05) is 80.1 Å². The van der Waals surface area contributed by atoms with Crippen molar-refractivity contribution in [3.05, 3.63) is 101 Å². The number of nitrogens with zero attached hydrogens (tertiary/aromatic N) is 3. The molecular weight excluding hydrogens is 509 g/mol. The van der Waals surface area contributed by atoms with Gasteiger partial charge in [0.25, 0.3) is 5.91 Å². The molecule has 0 saturated carbocycles. The molecule has 204 valence electrons. The number of aryl methyl sites for hydroxylation is 1. The summed E-state index contributed by atoms with van der Waals surface area (Å²) >= 11 is 0. The number of carbonyl (C=O) groups excluding carboxylic acids is 4. The molecule has 0 aromatic heterocycles. The first-order valence-electron chi connectivity index (χ1n) is 13.5. The van der Waals surface area contributed by atoms with Crippen LogP contribution in [0.2, 0.25) is 0 Å². The number of fused-ring (bicyclic) bond motifs is 3. The molecule has 5 amide bonds. The lowest BCUT2D eigenvalue weighted by atomic mass is 9.74. The summed E-state index contributed by atoms with van der Waals surface area (Å²) in [5.74, 6) is -4.09. The van der Waals surface area contributed by atoms with Crippen LogP contribution >= 0.6 is 0 Å². The number of anilines is 1. The summed E-state index contributed by atoms with van der Waals surface area (Å²) in [6.07, 6.45) is 0.186. The third-order valence-corrected chi connectivity index (χ3v) is 8.33. The summed E-state index contributed by atoms with van der Waals surface area (Å²) in [5, 5.41) is 0. The Kier molecular flexibility index (Phi) is 6.09. The Labute approximate surface area is 232 Å². The van der Waals surface area contributed by atoms with E-state index >= 15 is 0 Å². The van der Waals surface area contributed by atoms with Gasteiger partial charge in [0.15, 0.2) is 0 Å². The third kappa shape index (κ3) is 3.69. The topological polar surface area (TPSA) is 78.0 Å². The second-order valence-corrected chi connectivity index (χ2v) is 11.4. The van der Waals surface area contributed by atoms with Crippen LogP contribution in [-0.4, -0.2) is 39.1 Å². The molecule has 4 atom stereocenters. The van der Waals surface area contributed by atoms with Crippen LogP contribution in [0.25, 0.3) is 0 Å². The van der Waals surface area contributed by atoms with Crippen LogP contribution in [0.15, 0.2) is 78.9 Å². The third-order valence-electron chi connectivity index (χ3n) is 8.33. The molecule has 8 heteroatoms. The average molecular weight is 540 g/mol. The van der Waals surface area contributed by atoms with E-state index in [1.54, 1.807) is 0 Å². The van der Waals surface area contributed by atoms with Crippen LogP contribution in [0.4, 0.5) is 14.9 Å². The fourth-order valence-electron chi connectivity index (χ4n) is 6.95. The number of benzene rings is 3. The molecule has 0 bridgehead atoms.